The summed E-state index contributed by atoms with van der Waals surface area (Å²) in [5.41, 5.74) is 0. The van der Waals surface area contributed by atoms with Gasteiger partial charge in [0.15, 0.2) is 6.04 Å². The fourth-order valence-corrected chi connectivity index (χ4v) is 0.595. The number of carbonyl (C=O) groups excluding carboxylic acids is 1. The van der Waals surface area contributed by atoms with Gasteiger partial charge in [-0.2, -0.15) is 0 Å². The molecule has 0 spiro atoms. The third kappa shape index (κ3) is 1.22. The zero-order valence-corrected chi connectivity index (χ0v) is 5.22. The maximum atomic E-state index is 10.5. The van der Waals surface area contributed by atoms with E-state index < -0.39 is 12.0 Å². The largest absolute Gasteiger partial charge is 0.433 e. The number of isothiocyanates is 1. The molecule has 4 heteroatoms. The van der Waals surface area contributed by atoms with E-state index in [2.05, 4.69) is 27.1 Å². The average molecular weight is 141 g/mol. The predicted octanol–water partition coefficient (Wildman–Crippen LogP) is 0.528. The van der Waals surface area contributed by atoms with Crippen LogP contribution in [0.2, 0.25) is 0 Å². The molecule has 1 unspecified atom stereocenters. The summed E-state index contributed by atoms with van der Waals surface area (Å²) in [5, 5.41) is 2.10. The van der Waals surface area contributed by atoms with Gasteiger partial charge in [-0.15, -0.1) is 0 Å². The third-order valence-electron chi connectivity index (χ3n) is 0.878. The van der Waals surface area contributed by atoms with Crippen molar-refractivity contribution in [1.82, 2.24) is 0 Å². The molecule has 1 atom stereocenters. The number of thiocarbonyl (C=S) groups is 1. The fraction of sp³-hybridized carbons (Fsp3) is 0.200. The summed E-state index contributed by atoms with van der Waals surface area (Å²) in [6.07, 6.45) is 2.81. The number of hydrogen-bond acceptors (Lipinski definition) is 4. The summed E-state index contributed by atoms with van der Waals surface area (Å²) in [6, 6.07) is -0.553. The van der Waals surface area contributed by atoms with Crippen LogP contribution in [0.15, 0.2) is 17.3 Å². The van der Waals surface area contributed by atoms with Crippen LogP contribution in [-0.2, 0) is 9.53 Å². The van der Waals surface area contributed by atoms with Crippen LogP contribution in [0.1, 0.15) is 0 Å². The zero-order valence-electron chi connectivity index (χ0n) is 4.40. The number of nitrogens with zero attached hydrogens (tertiary/aromatic N) is 1. The van der Waals surface area contributed by atoms with Crippen molar-refractivity contribution in [2.24, 2.45) is 4.99 Å². The summed E-state index contributed by atoms with van der Waals surface area (Å²) in [6.45, 7) is 0. The second-order valence-corrected chi connectivity index (χ2v) is 1.61. The minimum Gasteiger partial charge on any atom is -0.433 e. The van der Waals surface area contributed by atoms with Crippen LogP contribution in [0.3, 0.4) is 0 Å². The highest BCUT2D eigenvalue weighted by Gasteiger charge is 2.19. The Labute approximate surface area is 57.0 Å². The van der Waals surface area contributed by atoms with Crippen molar-refractivity contribution in [3.05, 3.63) is 12.3 Å². The van der Waals surface area contributed by atoms with E-state index >= 15 is 0 Å². The van der Waals surface area contributed by atoms with E-state index in [1.807, 2.05) is 0 Å². The highest BCUT2D eigenvalue weighted by atomic mass is 32.1. The maximum Gasteiger partial charge on any atom is 0.340 e. The molecule has 9 heavy (non-hydrogen) atoms. The summed E-state index contributed by atoms with van der Waals surface area (Å²) in [5.74, 6) is -0.396. The Morgan fingerprint density at radius 3 is 3.11 bits per heavy atom. The van der Waals surface area contributed by atoms with Crippen LogP contribution in [-0.4, -0.2) is 17.2 Å². The van der Waals surface area contributed by atoms with Gasteiger partial charge in [-0.3, -0.25) is 0 Å². The lowest BCUT2D eigenvalue weighted by Gasteiger charge is -1.90. The van der Waals surface area contributed by atoms with Crippen molar-refractivity contribution in [3.63, 3.8) is 0 Å². The van der Waals surface area contributed by atoms with Gasteiger partial charge >= 0.3 is 5.97 Å². The predicted molar refractivity (Wildman–Crippen MR) is 34.0 cm³/mol. The average Bonchev–Trinajstić information content (AvgIpc) is 2.18. The lowest BCUT2D eigenvalue weighted by Crippen LogP contribution is -2.10. The molecular formula is C5H3NO2S. The van der Waals surface area contributed by atoms with Crippen molar-refractivity contribution < 1.29 is 9.53 Å². The number of esters is 1. The van der Waals surface area contributed by atoms with Gasteiger partial charge < -0.3 is 4.74 Å². The molecule has 1 aliphatic rings. The molecule has 0 aliphatic carbocycles. The van der Waals surface area contributed by atoms with Crippen LogP contribution in [0, 0.1) is 0 Å². The van der Waals surface area contributed by atoms with Crippen molar-refractivity contribution in [2.45, 2.75) is 6.04 Å². The van der Waals surface area contributed by atoms with Crippen LogP contribution in [0.25, 0.3) is 0 Å². The summed E-state index contributed by atoms with van der Waals surface area (Å²) in [4.78, 5) is 14.0. The van der Waals surface area contributed by atoms with E-state index in [0.29, 0.717) is 0 Å². The second-order valence-electron chi connectivity index (χ2n) is 1.43. The van der Waals surface area contributed by atoms with Crippen molar-refractivity contribution in [1.29, 1.82) is 0 Å². The monoisotopic (exact) mass is 141 g/mol. The van der Waals surface area contributed by atoms with E-state index in [0.717, 1.165) is 0 Å². The Kier molecular flexibility index (Phi) is 1.72. The first-order chi connectivity index (χ1) is 4.34. The number of cyclic esters (lactones) is 1. The smallest absolute Gasteiger partial charge is 0.340 e. The van der Waals surface area contributed by atoms with Crippen molar-refractivity contribution in [2.75, 3.05) is 0 Å². The molecule has 0 amide bonds. The van der Waals surface area contributed by atoms with Gasteiger partial charge in [0.1, 0.15) is 0 Å². The highest BCUT2D eigenvalue weighted by Crippen LogP contribution is 2.04. The molecule has 0 radical (unpaired) electrons. The molecule has 0 aromatic rings. The van der Waals surface area contributed by atoms with Crippen molar-refractivity contribution >= 4 is 23.3 Å². The lowest BCUT2D eigenvalue weighted by atomic mass is 10.3. The molecule has 1 rings (SSSR count). The van der Waals surface area contributed by atoms with Gasteiger partial charge in [-0.05, 0) is 18.3 Å². The van der Waals surface area contributed by atoms with Gasteiger partial charge in [0.05, 0.1) is 11.4 Å². The van der Waals surface area contributed by atoms with Gasteiger partial charge in [0.25, 0.3) is 0 Å². The SMILES string of the molecule is O=C1OC=CC1N=C=S. The quantitative estimate of drug-likeness (QED) is 0.304. The molecule has 0 aromatic carbocycles. The number of ether oxygens (including phenoxy) is 1. The van der Waals surface area contributed by atoms with Gasteiger partial charge in [-0.1, -0.05) is 0 Å². The standard InChI is InChI=1S/C5H3NO2S/c7-5-4(6-3-9)1-2-8-5/h1-2,4H. The number of hydrogen-bond donors (Lipinski definition) is 0. The Balaban J connectivity index is 2.70. The normalized spacial score (nSPS) is 23.1. The van der Waals surface area contributed by atoms with E-state index in [9.17, 15) is 4.79 Å². The fourth-order valence-electron chi connectivity index (χ4n) is 0.482. The molecule has 0 aromatic heterocycles. The number of carbonyl (C=O) groups is 1. The molecule has 0 saturated carbocycles. The Morgan fingerprint density at radius 1 is 1.89 bits per heavy atom. The molecule has 0 saturated heterocycles. The van der Waals surface area contributed by atoms with Crippen LogP contribution < -0.4 is 0 Å². The van der Waals surface area contributed by atoms with Gasteiger partial charge in [0.2, 0.25) is 0 Å². The van der Waals surface area contributed by atoms with E-state index in [1.165, 1.54) is 12.3 Å². The molecule has 0 fully saturated rings. The first-order valence-electron chi connectivity index (χ1n) is 2.29. The summed E-state index contributed by atoms with van der Waals surface area (Å²) in [7, 11) is 0. The van der Waals surface area contributed by atoms with Crippen LogP contribution in [0.4, 0.5) is 0 Å². The minimum absolute atomic E-state index is 0.396. The molecule has 1 aliphatic heterocycles. The molecule has 3 nitrogen and oxygen atoms in total. The molecule has 0 bridgehead atoms. The van der Waals surface area contributed by atoms with Crippen LogP contribution >= 0.6 is 12.2 Å². The maximum absolute atomic E-state index is 10.5. The van der Waals surface area contributed by atoms with Crippen molar-refractivity contribution in [3.8, 4) is 0 Å². The second kappa shape index (κ2) is 2.53. The third-order valence-corrected chi connectivity index (χ3v) is 0.984. The Bertz CT molecular complexity index is 205. The summed E-state index contributed by atoms with van der Waals surface area (Å²) < 4.78 is 4.42. The first kappa shape index (κ1) is 6.13. The van der Waals surface area contributed by atoms with Gasteiger partial charge in [0, 0.05) is 0 Å². The Morgan fingerprint density at radius 2 is 2.67 bits per heavy atom. The topological polar surface area (TPSA) is 38.7 Å². The van der Waals surface area contributed by atoms with Crippen LogP contribution in [0.5, 0.6) is 0 Å². The first-order valence-corrected chi connectivity index (χ1v) is 2.69. The molecular weight excluding hydrogens is 138 g/mol. The Hall–Kier alpha value is -0.990. The molecule has 1 heterocycles. The number of aliphatic imine (C=N–C) groups is 1. The number of rotatable bonds is 1. The van der Waals surface area contributed by atoms with E-state index in [-0.39, 0.29) is 0 Å². The zero-order chi connectivity index (χ0) is 6.69. The molecule has 46 valence electrons. The lowest BCUT2D eigenvalue weighted by molar-refractivity contribution is -0.136. The molecule has 0 N–H and O–H groups in total. The van der Waals surface area contributed by atoms with E-state index in [1.54, 1.807) is 0 Å². The summed E-state index contributed by atoms with van der Waals surface area (Å²) >= 11 is 4.28. The minimum atomic E-state index is -0.553. The highest BCUT2D eigenvalue weighted by molar-refractivity contribution is 7.78. The van der Waals surface area contributed by atoms with Gasteiger partial charge in [-0.25, -0.2) is 9.79 Å². The van der Waals surface area contributed by atoms with E-state index in [4.69, 9.17) is 0 Å².